The number of Topliss-reactive ketones (excluding diaryl/α,β-unsaturated/α-hetero) is 1. The Bertz CT molecular complexity index is 407. The highest BCUT2D eigenvalue weighted by Gasteiger charge is 2.38. The summed E-state index contributed by atoms with van der Waals surface area (Å²) >= 11 is 0. The molecule has 0 saturated carbocycles. The van der Waals surface area contributed by atoms with Crippen LogP contribution in [0.25, 0.3) is 0 Å². The van der Waals surface area contributed by atoms with Crippen LogP contribution in [0.4, 0.5) is 0 Å². The van der Waals surface area contributed by atoms with Gasteiger partial charge in [-0.2, -0.15) is 5.10 Å². The minimum Gasteiger partial charge on any atom is -0.305 e. The smallest absolute Gasteiger partial charge is 0.160 e. The molecule has 2 heterocycles. The van der Waals surface area contributed by atoms with Crippen LogP contribution < -0.4 is 5.32 Å². The molecule has 18 heavy (non-hydrogen) atoms. The second kappa shape index (κ2) is 5.61. The summed E-state index contributed by atoms with van der Waals surface area (Å²) in [7, 11) is 0. The first-order valence-corrected chi connectivity index (χ1v) is 6.87. The number of rotatable bonds is 6. The van der Waals surface area contributed by atoms with Crippen LogP contribution in [0.2, 0.25) is 0 Å². The van der Waals surface area contributed by atoms with E-state index in [2.05, 4.69) is 29.2 Å². The van der Waals surface area contributed by atoms with Crippen molar-refractivity contribution in [3.63, 3.8) is 0 Å². The third-order valence-corrected chi connectivity index (χ3v) is 3.83. The molecule has 1 atom stereocenters. The highest BCUT2D eigenvalue weighted by atomic mass is 16.1. The molecule has 0 bridgehead atoms. The molecule has 0 radical (unpaired) electrons. The summed E-state index contributed by atoms with van der Waals surface area (Å²) in [4.78, 5) is 16.7. The maximum atomic E-state index is 12.5. The van der Waals surface area contributed by atoms with E-state index in [1.807, 2.05) is 4.68 Å². The predicted octanol–water partition coefficient (Wildman–Crippen LogP) is 1.33. The van der Waals surface area contributed by atoms with Crippen molar-refractivity contribution in [2.45, 2.75) is 58.0 Å². The van der Waals surface area contributed by atoms with Gasteiger partial charge in [-0.3, -0.25) is 4.79 Å². The van der Waals surface area contributed by atoms with Crippen molar-refractivity contribution < 1.29 is 4.79 Å². The Morgan fingerprint density at radius 1 is 1.56 bits per heavy atom. The molecular weight excluding hydrogens is 228 g/mol. The van der Waals surface area contributed by atoms with E-state index in [0.29, 0.717) is 6.42 Å². The van der Waals surface area contributed by atoms with Gasteiger partial charge in [0, 0.05) is 6.54 Å². The van der Waals surface area contributed by atoms with Gasteiger partial charge in [-0.05, 0) is 32.2 Å². The lowest BCUT2D eigenvalue weighted by atomic mass is 9.87. The van der Waals surface area contributed by atoms with Gasteiger partial charge in [-0.15, -0.1) is 0 Å². The maximum Gasteiger partial charge on any atom is 0.160 e. The summed E-state index contributed by atoms with van der Waals surface area (Å²) < 4.78 is 1.84. The third kappa shape index (κ3) is 2.46. The summed E-state index contributed by atoms with van der Waals surface area (Å²) in [6.07, 6.45) is 5.82. The Morgan fingerprint density at radius 2 is 2.39 bits per heavy atom. The summed E-state index contributed by atoms with van der Waals surface area (Å²) in [5, 5.41) is 7.54. The first-order valence-electron chi connectivity index (χ1n) is 6.87. The molecule has 1 unspecified atom stereocenters. The quantitative estimate of drug-likeness (QED) is 0.827. The number of ketones is 1. The van der Waals surface area contributed by atoms with Gasteiger partial charge in [0.15, 0.2) is 5.78 Å². The first kappa shape index (κ1) is 13.2. The number of carbonyl (C=O) groups excluding carboxylic acids is 1. The van der Waals surface area contributed by atoms with Gasteiger partial charge < -0.3 is 5.32 Å². The van der Waals surface area contributed by atoms with Crippen LogP contribution in [0.3, 0.4) is 0 Å². The molecule has 1 aromatic heterocycles. The number of nitrogens with zero attached hydrogens (tertiary/aromatic N) is 3. The van der Waals surface area contributed by atoms with E-state index in [1.54, 1.807) is 6.33 Å². The van der Waals surface area contributed by atoms with Crippen LogP contribution in [0.1, 0.15) is 45.4 Å². The lowest BCUT2D eigenvalue weighted by molar-refractivity contribution is -0.124. The number of aryl methyl sites for hydroxylation is 1. The van der Waals surface area contributed by atoms with E-state index in [4.69, 9.17) is 0 Å². The molecule has 1 aliphatic rings. The Balaban J connectivity index is 2.08. The minimum atomic E-state index is -0.316. The molecule has 5 heteroatoms. The third-order valence-electron chi connectivity index (χ3n) is 3.83. The van der Waals surface area contributed by atoms with Gasteiger partial charge in [-0.25, -0.2) is 9.67 Å². The van der Waals surface area contributed by atoms with Crippen LogP contribution in [0, 0.1) is 0 Å². The van der Waals surface area contributed by atoms with Gasteiger partial charge >= 0.3 is 0 Å². The molecule has 0 spiro atoms. The normalized spacial score (nSPS) is 23.4. The standard InChI is InChI=1S/C13H22N4O/c1-3-8-17-12(14-10-16-17)9-11(18)13(4-2)6-5-7-15-13/h10,15H,3-9H2,1-2H3. The van der Waals surface area contributed by atoms with Crippen LogP contribution in [-0.2, 0) is 17.8 Å². The van der Waals surface area contributed by atoms with Crippen molar-refractivity contribution in [1.82, 2.24) is 20.1 Å². The van der Waals surface area contributed by atoms with Crippen molar-refractivity contribution in [2.24, 2.45) is 0 Å². The van der Waals surface area contributed by atoms with Gasteiger partial charge in [0.2, 0.25) is 0 Å². The fourth-order valence-corrected chi connectivity index (χ4v) is 2.68. The summed E-state index contributed by atoms with van der Waals surface area (Å²) in [5.74, 6) is 1.05. The zero-order chi connectivity index (χ0) is 13.0. The second-order valence-electron chi connectivity index (χ2n) is 4.97. The number of carbonyl (C=O) groups is 1. The van der Waals surface area contributed by atoms with Crippen LogP contribution in [0.5, 0.6) is 0 Å². The van der Waals surface area contributed by atoms with E-state index in [-0.39, 0.29) is 11.3 Å². The molecule has 1 N–H and O–H groups in total. The Labute approximate surface area is 108 Å². The molecule has 0 amide bonds. The van der Waals surface area contributed by atoms with E-state index in [1.165, 1.54) is 0 Å². The fraction of sp³-hybridized carbons (Fsp3) is 0.769. The lowest BCUT2D eigenvalue weighted by Crippen LogP contribution is -2.48. The van der Waals surface area contributed by atoms with Gasteiger partial charge in [0.05, 0.1) is 12.0 Å². The molecule has 1 aliphatic heterocycles. The van der Waals surface area contributed by atoms with Crippen LogP contribution >= 0.6 is 0 Å². The topological polar surface area (TPSA) is 59.8 Å². The van der Waals surface area contributed by atoms with Crippen molar-refractivity contribution in [2.75, 3.05) is 6.54 Å². The second-order valence-corrected chi connectivity index (χ2v) is 4.97. The highest BCUT2D eigenvalue weighted by molar-refractivity contribution is 5.90. The molecule has 1 aromatic rings. The summed E-state index contributed by atoms with van der Waals surface area (Å²) in [6, 6.07) is 0. The summed E-state index contributed by atoms with van der Waals surface area (Å²) in [6.45, 7) is 5.95. The van der Waals surface area contributed by atoms with E-state index >= 15 is 0 Å². The molecular formula is C13H22N4O. The lowest BCUT2D eigenvalue weighted by Gasteiger charge is -2.26. The van der Waals surface area contributed by atoms with Crippen LogP contribution in [-0.4, -0.2) is 32.6 Å². The molecule has 1 saturated heterocycles. The van der Waals surface area contributed by atoms with Crippen molar-refractivity contribution in [3.05, 3.63) is 12.2 Å². The monoisotopic (exact) mass is 250 g/mol. The molecule has 100 valence electrons. The zero-order valence-electron chi connectivity index (χ0n) is 11.3. The van der Waals surface area contributed by atoms with Crippen molar-refractivity contribution in [3.8, 4) is 0 Å². The van der Waals surface area contributed by atoms with Gasteiger partial charge in [0.1, 0.15) is 12.2 Å². The maximum absolute atomic E-state index is 12.5. The van der Waals surface area contributed by atoms with Crippen molar-refractivity contribution in [1.29, 1.82) is 0 Å². The van der Waals surface area contributed by atoms with E-state index in [9.17, 15) is 4.79 Å². The molecule has 5 nitrogen and oxygen atoms in total. The van der Waals surface area contributed by atoms with Gasteiger partial charge in [0.25, 0.3) is 0 Å². The predicted molar refractivity (Wildman–Crippen MR) is 69.3 cm³/mol. The Hall–Kier alpha value is -1.23. The Morgan fingerprint density at radius 3 is 3.00 bits per heavy atom. The van der Waals surface area contributed by atoms with Crippen molar-refractivity contribution >= 4 is 5.78 Å². The number of hydrogen-bond donors (Lipinski definition) is 1. The number of nitrogens with one attached hydrogen (secondary N) is 1. The largest absolute Gasteiger partial charge is 0.305 e. The van der Waals surface area contributed by atoms with Gasteiger partial charge in [-0.1, -0.05) is 13.8 Å². The number of aromatic nitrogens is 3. The van der Waals surface area contributed by atoms with E-state index in [0.717, 1.165) is 44.6 Å². The molecule has 2 rings (SSSR count). The minimum absolute atomic E-state index is 0.257. The highest BCUT2D eigenvalue weighted by Crippen LogP contribution is 2.25. The fourth-order valence-electron chi connectivity index (χ4n) is 2.68. The summed E-state index contributed by atoms with van der Waals surface area (Å²) in [5.41, 5.74) is -0.316. The Kier molecular flexibility index (Phi) is 4.11. The molecule has 1 fully saturated rings. The number of hydrogen-bond acceptors (Lipinski definition) is 4. The average Bonchev–Trinajstić information content (AvgIpc) is 3.00. The van der Waals surface area contributed by atoms with Crippen LogP contribution in [0.15, 0.2) is 6.33 Å². The zero-order valence-corrected chi connectivity index (χ0v) is 11.3. The molecule has 0 aromatic carbocycles. The SMILES string of the molecule is CCCn1ncnc1CC(=O)C1(CC)CCCN1. The average molecular weight is 250 g/mol. The first-order chi connectivity index (χ1) is 8.72. The van der Waals surface area contributed by atoms with E-state index < -0.39 is 0 Å². The molecule has 0 aliphatic carbocycles.